The van der Waals surface area contributed by atoms with Crippen LogP contribution in [0.1, 0.15) is 18.1 Å². The zero-order chi connectivity index (χ0) is 20.7. The van der Waals surface area contributed by atoms with E-state index in [4.69, 9.17) is 23.8 Å². The Hall–Kier alpha value is -2.22. The van der Waals surface area contributed by atoms with Gasteiger partial charge in [-0.2, -0.15) is 0 Å². The summed E-state index contributed by atoms with van der Waals surface area (Å²) in [5, 5.41) is 4.67. The fourth-order valence-corrected chi connectivity index (χ4v) is 4.32. The standard InChI is InChI=1S/C21H16BrClFN3OS/c1-2-27-20(28)18(25-21(27)29)8-12-10-26(19-7-6-13(22)9-14(12)19)11-15-16(23)4-3-5-17(15)24/h3-10H,2,11H2,1H3,(H,25,29)/b18-8-. The van der Waals surface area contributed by atoms with Crippen molar-refractivity contribution in [1.82, 2.24) is 14.8 Å². The molecule has 1 aliphatic heterocycles. The van der Waals surface area contributed by atoms with Gasteiger partial charge < -0.3 is 9.88 Å². The maximum atomic E-state index is 14.3. The molecule has 1 N–H and O–H groups in total. The van der Waals surface area contributed by atoms with Crippen LogP contribution < -0.4 is 5.32 Å². The maximum absolute atomic E-state index is 14.3. The summed E-state index contributed by atoms with van der Waals surface area (Å²) in [6.07, 6.45) is 3.66. The average molecular weight is 493 g/mol. The van der Waals surface area contributed by atoms with E-state index in [1.807, 2.05) is 35.9 Å². The van der Waals surface area contributed by atoms with Gasteiger partial charge in [0.15, 0.2) is 5.11 Å². The number of halogens is 3. The monoisotopic (exact) mass is 491 g/mol. The van der Waals surface area contributed by atoms with Crippen molar-refractivity contribution in [2.24, 2.45) is 0 Å². The molecule has 29 heavy (non-hydrogen) atoms. The molecular weight excluding hydrogens is 477 g/mol. The Morgan fingerprint density at radius 1 is 1.31 bits per heavy atom. The first kappa shape index (κ1) is 20.1. The lowest BCUT2D eigenvalue weighted by molar-refractivity contribution is -0.122. The Balaban J connectivity index is 1.82. The average Bonchev–Trinajstić information content (AvgIpc) is 3.15. The Morgan fingerprint density at radius 3 is 2.79 bits per heavy atom. The van der Waals surface area contributed by atoms with E-state index < -0.39 is 0 Å². The van der Waals surface area contributed by atoms with Crippen molar-refractivity contribution in [2.75, 3.05) is 6.54 Å². The number of thiocarbonyl (C=S) groups is 1. The van der Waals surface area contributed by atoms with E-state index in [0.29, 0.717) is 27.9 Å². The lowest BCUT2D eigenvalue weighted by Gasteiger charge is -2.08. The number of fused-ring (bicyclic) bond motifs is 1. The topological polar surface area (TPSA) is 37.3 Å². The summed E-state index contributed by atoms with van der Waals surface area (Å²) in [6.45, 7) is 2.64. The van der Waals surface area contributed by atoms with E-state index >= 15 is 0 Å². The van der Waals surface area contributed by atoms with Crippen LogP contribution in [0.5, 0.6) is 0 Å². The molecule has 0 aliphatic carbocycles. The number of nitrogens with zero attached hydrogens (tertiary/aromatic N) is 2. The van der Waals surface area contributed by atoms with Gasteiger partial charge in [-0.3, -0.25) is 9.69 Å². The molecule has 0 saturated carbocycles. The minimum atomic E-state index is -0.354. The van der Waals surface area contributed by atoms with Crippen molar-refractivity contribution in [1.29, 1.82) is 0 Å². The molecule has 8 heteroatoms. The first-order valence-electron chi connectivity index (χ1n) is 8.95. The van der Waals surface area contributed by atoms with E-state index in [1.54, 1.807) is 18.2 Å². The van der Waals surface area contributed by atoms with Crippen LogP contribution in [0.25, 0.3) is 17.0 Å². The summed E-state index contributed by atoms with van der Waals surface area (Å²) < 4.78 is 17.1. The molecule has 1 fully saturated rings. The molecule has 0 atom stereocenters. The van der Waals surface area contributed by atoms with Crippen LogP contribution in [0.2, 0.25) is 5.02 Å². The number of nitrogens with one attached hydrogen (secondary N) is 1. The maximum Gasteiger partial charge on any atom is 0.276 e. The van der Waals surface area contributed by atoms with Crippen molar-refractivity contribution in [3.63, 3.8) is 0 Å². The number of carbonyl (C=O) groups excluding carboxylic acids is 1. The van der Waals surface area contributed by atoms with Gasteiger partial charge >= 0.3 is 0 Å². The molecule has 0 radical (unpaired) electrons. The highest BCUT2D eigenvalue weighted by molar-refractivity contribution is 9.10. The molecule has 1 saturated heterocycles. The molecule has 0 spiro atoms. The second-order valence-electron chi connectivity index (χ2n) is 6.61. The molecule has 2 aromatic carbocycles. The van der Waals surface area contributed by atoms with E-state index in [1.165, 1.54) is 11.0 Å². The lowest BCUT2D eigenvalue weighted by atomic mass is 10.1. The van der Waals surface area contributed by atoms with Gasteiger partial charge in [-0.1, -0.05) is 33.6 Å². The Morgan fingerprint density at radius 2 is 2.10 bits per heavy atom. The van der Waals surface area contributed by atoms with Crippen LogP contribution in [0.15, 0.2) is 52.8 Å². The minimum Gasteiger partial charge on any atom is -0.342 e. The van der Waals surface area contributed by atoms with E-state index in [2.05, 4.69) is 21.2 Å². The summed E-state index contributed by atoms with van der Waals surface area (Å²) in [5.41, 5.74) is 2.56. The summed E-state index contributed by atoms with van der Waals surface area (Å²) in [4.78, 5) is 14.1. The number of rotatable bonds is 4. The second-order valence-corrected chi connectivity index (χ2v) is 8.32. The summed E-state index contributed by atoms with van der Waals surface area (Å²) >= 11 is 14.9. The highest BCUT2D eigenvalue weighted by Crippen LogP contribution is 2.30. The fraction of sp³-hybridized carbons (Fsp3) is 0.143. The van der Waals surface area contributed by atoms with Crippen LogP contribution in [-0.2, 0) is 11.3 Å². The first-order valence-corrected chi connectivity index (χ1v) is 10.5. The van der Waals surface area contributed by atoms with E-state index in [0.717, 1.165) is 20.9 Å². The minimum absolute atomic E-state index is 0.162. The van der Waals surface area contributed by atoms with Crippen LogP contribution in [0, 0.1) is 5.82 Å². The summed E-state index contributed by atoms with van der Waals surface area (Å²) in [5.74, 6) is -0.515. The predicted molar refractivity (Wildman–Crippen MR) is 121 cm³/mol. The number of hydrogen-bond acceptors (Lipinski definition) is 2. The van der Waals surface area contributed by atoms with Gasteiger partial charge in [0.1, 0.15) is 11.5 Å². The third-order valence-corrected chi connectivity index (χ3v) is 6.01. The molecule has 148 valence electrons. The Bertz CT molecular complexity index is 1170. The Labute approximate surface area is 186 Å². The summed E-state index contributed by atoms with van der Waals surface area (Å²) in [7, 11) is 0. The molecule has 1 aliphatic rings. The molecule has 0 bridgehead atoms. The molecule has 1 aromatic heterocycles. The smallest absolute Gasteiger partial charge is 0.276 e. The van der Waals surface area contributed by atoms with Crippen molar-refractivity contribution in [2.45, 2.75) is 13.5 Å². The number of amides is 1. The van der Waals surface area contributed by atoms with Gasteiger partial charge in [-0.25, -0.2) is 4.39 Å². The molecule has 4 nitrogen and oxygen atoms in total. The van der Waals surface area contributed by atoms with Gasteiger partial charge in [0.05, 0.1) is 6.54 Å². The third-order valence-electron chi connectivity index (χ3n) is 4.84. The predicted octanol–water partition coefficient (Wildman–Crippen LogP) is 5.32. The molecule has 3 aromatic rings. The zero-order valence-corrected chi connectivity index (χ0v) is 18.5. The highest BCUT2D eigenvalue weighted by Gasteiger charge is 2.29. The number of aromatic nitrogens is 1. The Kier molecular flexibility index (Phi) is 5.46. The van der Waals surface area contributed by atoms with E-state index in [-0.39, 0.29) is 18.3 Å². The summed E-state index contributed by atoms with van der Waals surface area (Å²) in [6, 6.07) is 10.5. The van der Waals surface area contributed by atoms with Crippen LogP contribution in [-0.4, -0.2) is 27.0 Å². The van der Waals surface area contributed by atoms with Crippen LogP contribution >= 0.6 is 39.7 Å². The molecule has 1 amide bonds. The van der Waals surface area contributed by atoms with Crippen LogP contribution in [0.3, 0.4) is 0 Å². The fourth-order valence-electron chi connectivity index (χ4n) is 3.41. The van der Waals surface area contributed by atoms with Gasteiger partial charge in [0.2, 0.25) is 0 Å². The van der Waals surface area contributed by atoms with Gasteiger partial charge in [0.25, 0.3) is 5.91 Å². The first-order chi connectivity index (χ1) is 13.9. The zero-order valence-electron chi connectivity index (χ0n) is 15.4. The quantitative estimate of drug-likeness (QED) is 0.395. The molecule has 4 rings (SSSR count). The lowest BCUT2D eigenvalue weighted by Crippen LogP contribution is -2.30. The van der Waals surface area contributed by atoms with Gasteiger partial charge in [-0.05, 0) is 55.5 Å². The van der Waals surface area contributed by atoms with Crippen LogP contribution in [0.4, 0.5) is 4.39 Å². The molecule has 0 unspecified atom stereocenters. The number of benzene rings is 2. The normalized spacial score (nSPS) is 15.6. The van der Waals surface area contributed by atoms with Crippen molar-refractivity contribution < 1.29 is 9.18 Å². The van der Waals surface area contributed by atoms with Crippen molar-refractivity contribution in [3.05, 3.63) is 74.7 Å². The molecular formula is C21H16BrClFN3OS. The number of hydrogen-bond donors (Lipinski definition) is 1. The largest absolute Gasteiger partial charge is 0.342 e. The van der Waals surface area contributed by atoms with Gasteiger partial charge in [-0.15, -0.1) is 0 Å². The number of carbonyl (C=O) groups is 1. The second kappa shape index (κ2) is 7.89. The highest BCUT2D eigenvalue weighted by atomic mass is 79.9. The van der Waals surface area contributed by atoms with Crippen molar-refractivity contribution in [3.8, 4) is 0 Å². The van der Waals surface area contributed by atoms with Crippen molar-refractivity contribution >= 4 is 67.7 Å². The van der Waals surface area contributed by atoms with Gasteiger partial charge in [0, 0.05) is 44.3 Å². The SMILES string of the molecule is CCN1C(=O)/C(=C/c2cn(Cc3c(F)cccc3Cl)c3ccc(Br)cc23)NC1=S. The number of likely N-dealkylation sites (N-methyl/N-ethyl adjacent to an activating group) is 1. The van der Waals surface area contributed by atoms with E-state index in [9.17, 15) is 9.18 Å². The molecule has 2 heterocycles. The third kappa shape index (κ3) is 3.70.